The van der Waals surface area contributed by atoms with Gasteiger partial charge in [0.1, 0.15) is 10.6 Å². The number of methoxy groups -OCH3 is 3. The van der Waals surface area contributed by atoms with E-state index < -0.39 is 10.0 Å². The lowest BCUT2D eigenvalue weighted by Crippen LogP contribution is -2.43. The van der Waals surface area contributed by atoms with E-state index in [9.17, 15) is 13.2 Å². The van der Waals surface area contributed by atoms with Crippen molar-refractivity contribution in [2.24, 2.45) is 5.92 Å². The molecule has 2 aromatic carbocycles. The maximum Gasteiger partial charge on any atom is 0.246 e. The van der Waals surface area contributed by atoms with E-state index in [0.29, 0.717) is 29.4 Å². The average Bonchev–Trinajstić information content (AvgIpc) is 2.83. The molecule has 1 N–H and O–H groups in total. The number of sulfonamides is 1. The quantitative estimate of drug-likeness (QED) is 0.599. The highest BCUT2D eigenvalue weighted by Gasteiger charge is 2.34. The van der Waals surface area contributed by atoms with E-state index in [4.69, 9.17) is 25.8 Å². The summed E-state index contributed by atoms with van der Waals surface area (Å²) in [5.41, 5.74) is 0.883. The molecule has 1 amide bonds. The summed E-state index contributed by atoms with van der Waals surface area (Å²) in [4.78, 5) is 12.9. The molecule has 10 heteroatoms. The Morgan fingerprint density at radius 1 is 1.00 bits per heavy atom. The van der Waals surface area contributed by atoms with Crippen LogP contribution in [0.25, 0.3) is 0 Å². The van der Waals surface area contributed by atoms with Gasteiger partial charge in [0.15, 0.2) is 11.5 Å². The lowest BCUT2D eigenvalue weighted by molar-refractivity contribution is -0.126. The molecule has 8 nitrogen and oxygen atoms in total. The molecule has 3 rings (SSSR count). The van der Waals surface area contributed by atoms with Crippen LogP contribution in [0.4, 0.5) is 0 Å². The van der Waals surface area contributed by atoms with Gasteiger partial charge < -0.3 is 19.5 Å². The Balaban J connectivity index is 1.64. The predicted molar refractivity (Wildman–Crippen MR) is 126 cm³/mol. The molecule has 1 atom stereocenters. The van der Waals surface area contributed by atoms with Crippen LogP contribution in [-0.4, -0.2) is 53.0 Å². The molecule has 1 heterocycles. The maximum atomic E-state index is 13.1. The summed E-state index contributed by atoms with van der Waals surface area (Å²) in [6, 6.07) is 9.76. The Morgan fingerprint density at radius 3 is 2.21 bits per heavy atom. The topological polar surface area (TPSA) is 94.2 Å². The summed E-state index contributed by atoms with van der Waals surface area (Å²) >= 11 is 6.01. The highest BCUT2D eigenvalue weighted by molar-refractivity contribution is 7.89. The zero-order valence-corrected chi connectivity index (χ0v) is 20.7. The van der Waals surface area contributed by atoms with Crippen LogP contribution in [0.2, 0.25) is 5.02 Å². The zero-order valence-electron chi connectivity index (χ0n) is 19.1. The van der Waals surface area contributed by atoms with Gasteiger partial charge in [-0.25, -0.2) is 8.42 Å². The molecule has 0 spiro atoms. The van der Waals surface area contributed by atoms with E-state index in [-0.39, 0.29) is 41.6 Å². The predicted octanol–water partition coefficient (Wildman–Crippen LogP) is 3.64. The van der Waals surface area contributed by atoms with Gasteiger partial charge in [-0.3, -0.25) is 4.79 Å². The molecule has 0 aromatic heterocycles. The molecule has 1 saturated heterocycles. The van der Waals surface area contributed by atoms with Crippen LogP contribution in [0.15, 0.2) is 41.3 Å². The Kier molecular flexibility index (Phi) is 8.10. The van der Waals surface area contributed by atoms with Crippen LogP contribution in [-0.2, 0) is 14.8 Å². The highest BCUT2D eigenvalue weighted by Crippen LogP contribution is 2.33. The highest BCUT2D eigenvalue weighted by atomic mass is 35.5. The largest absolute Gasteiger partial charge is 0.495 e. The van der Waals surface area contributed by atoms with Gasteiger partial charge in [0.25, 0.3) is 0 Å². The number of nitrogens with zero attached hydrogens (tertiary/aromatic N) is 1. The first-order valence-electron chi connectivity index (χ1n) is 10.6. The van der Waals surface area contributed by atoms with E-state index in [0.717, 1.165) is 5.56 Å². The van der Waals surface area contributed by atoms with Gasteiger partial charge in [-0.1, -0.05) is 17.7 Å². The van der Waals surface area contributed by atoms with Gasteiger partial charge in [0.05, 0.1) is 27.4 Å². The second-order valence-corrected chi connectivity index (χ2v) is 10.2. The number of ether oxygens (including phenoxy) is 3. The summed E-state index contributed by atoms with van der Waals surface area (Å²) in [5, 5.41) is 3.34. The number of nitrogens with one attached hydrogen (secondary N) is 1. The van der Waals surface area contributed by atoms with Crippen LogP contribution in [0.5, 0.6) is 17.2 Å². The van der Waals surface area contributed by atoms with Crippen LogP contribution in [0, 0.1) is 5.92 Å². The van der Waals surface area contributed by atoms with Crippen LogP contribution in [0.1, 0.15) is 31.4 Å². The summed E-state index contributed by atoms with van der Waals surface area (Å²) in [5.74, 6) is 1.06. The smallest absolute Gasteiger partial charge is 0.246 e. The summed E-state index contributed by atoms with van der Waals surface area (Å²) in [6.07, 6.45) is 0.846. The zero-order chi connectivity index (χ0) is 24.2. The van der Waals surface area contributed by atoms with Crippen molar-refractivity contribution in [3.8, 4) is 17.2 Å². The Bertz CT molecular complexity index is 1100. The van der Waals surface area contributed by atoms with Crippen LogP contribution >= 0.6 is 11.6 Å². The first-order valence-corrected chi connectivity index (χ1v) is 12.4. The number of rotatable bonds is 8. The Labute approximate surface area is 199 Å². The molecule has 33 heavy (non-hydrogen) atoms. The molecule has 0 radical (unpaired) electrons. The van der Waals surface area contributed by atoms with Crippen molar-refractivity contribution in [1.82, 2.24) is 9.62 Å². The molecule has 0 aliphatic carbocycles. The Morgan fingerprint density at radius 2 is 1.61 bits per heavy atom. The number of carbonyl (C=O) groups is 1. The first-order chi connectivity index (χ1) is 15.7. The van der Waals surface area contributed by atoms with Gasteiger partial charge in [0.2, 0.25) is 15.9 Å². The summed E-state index contributed by atoms with van der Waals surface area (Å²) < 4.78 is 43.4. The van der Waals surface area contributed by atoms with E-state index in [1.807, 2.05) is 19.1 Å². The summed E-state index contributed by atoms with van der Waals surface area (Å²) in [7, 11) is 0.753. The number of piperidine rings is 1. The van der Waals surface area contributed by atoms with E-state index in [2.05, 4.69) is 5.32 Å². The van der Waals surface area contributed by atoms with Gasteiger partial charge in [0, 0.05) is 24.0 Å². The average molecular weight is 497 g/mol. The van der Waals surface area contributed by atoms with Crippen molar-refractivity contribution in [3.63, 3.8) is 0 Å². The molecular formula is C23H29ClN2O6S. The molecule has 2 aromatic rings. The normalized spacial score (nSPS) is 16.2. The van der Waals surface area contributed by atoms with Gasteiger partial charge in [-0.2, -0.15) is 4.31 Å². The fourth-order valence-electron chi connectivity index (χ4n) is 3.89. The van der Waals surface area contributed by atoms with E-state index in [1.165, 1.54) is 23.5 Å². The minimum absolute atomic E-state index is 0.0301. The number of halogens is 1. The van der Waals surface area contributed by atoms with Gasteiger partial charge in [-0.05, 0) is 55.7 Å². The van der Waals surface area contributed by atoms with Crippen molar-refractivity contribution in [2.75, 3.05) is 34.4 Å². The number of amides is 1. The third kappa shape index (κ3) is 5.54. The Hall–Kier alpha value is -2.49. The van der Waals surface area contributed by atoms with Crippen molar-refractivity contribution < 1.29 is 27.4 Å². The van der Waals surface area contributed by atoms with Crippen LogP contribution in [0.3, 0.4) is 0 Å². The number of hydrogen-bond acceptors (Lipinski definition) is 6. The lowest BCUT2D eigenvalue weighted by atomic mass is 9.96. The molecule has 1 aliphatic rings. The monoisotopic (exact) mass is 496 g/mol. The third-order valence-corrected chi connectivity index (χ3v) is 7.99. The SMILES string of the molecule is COc1ccc([C@@H](C)NC(=O)C2CCN(S(=O)(=O)c3cc(Cl)ccc3OC)CC2)cc1OC. The van der Waals surface area contributed by atoms with Gasteiger partial charge in [-0.15, -0.1) is 0 Å². The molecule has 0 unspecified atom stereocenters. The number of benzene rings is 2. The van der Waals surface area contributed by atoms with Crippen molar-refractivity contribution in [1.29, 1.82) is 0 Å². The van der Waals surface area contributed by atoms with Crippen molar-refractivity contribution in [3.05, 3.63) is 47.0 Å². The molecule has 0 bridgehead atoms. The number of carbonyl (C=O) groups excluding carboxylic acids is 1. The lowest BCUT2D eigenvalue weighted by Gasteiger charge is -2.31. The molecule has 180 valence electrons. The molecule has 1 fully saturated rings. The standard InChI is InChI=1S/C23H29ClN2O6S/c1-15(17-5-7-19(30-2)21(13-17)32-4)25-23(27)16-9-11-26(12-10-16)33(28,29)22-14-18(24)6-8-20(22)31-3/h5-8,13-16H,9-12H2,1-4H3,(H,25,27)/t15-/m1/s1. The van der Waals surface area contributed by atoms with E-state index in [1.54, 1.807) is 26.4 Å². The minimum atomic E-state index is -3.79. The second-order valence-electron chi connectivity index (χ2n) is 7.82. The fraction of sp³-hybridized carbons (Fsp3) is 0.435. The molecule has 1 aliphatic heterocycles. The van der Waals surface area contributed by atoms with Gasteiger partial charge >= 0.3 is 0 Å². The van der Waals surface area contributed by atoms with E-state index >= 15 is 0 Å². The third-order valence-electron chi connectivity index (χ3n) is 5.83. The molecular weight excluding hydrogens is 468 g/mol. The van der Waals surface area contributed by atoms with Crippen molar-refractivity contribution >= 4 is 27.5 Å². The summed E-state index contributed by atoms with van der Waals surface area (Å²) in [6.45, 7) is 2.37. The van der Waals surface area contributed by atoms with Crippen molar-refractivity contribution in [2.45, 2.75) is 30.7 Å². The number of hydrogen-bond donors (Lipinski definition) is 1. The second kappa shape index (κ2) is 10.6. The first kappa shape index (κ1) is 25.1. The minimum Gasteiger partial charge on any atom is -0.495 e. The maximum absolute atomic E-state index is 13.1. The van der Waals surface area contributed by atoms with Crippen LogP contribution < -0.4 is 19.5 Å². The molecule has 0 saturated carbocycles. The fourth-order valence-corrected chi connectivity index (χ4v) is 5.77.